The summed E-state index contributed by atoms with van der Waals surface area (Å²) in [6.07, 6.45) is 0. The van der Waals surface area contributed by atoms with Crippen molar-refractivity contribution in [3.63, 3.8) is 0 Å². The molecule has 140 valence electrons. The predicted octanol–water partition coefficient (Wildman–Crippen LogP) is 4.00. The summed E-state index contributed by atoms with van der Waals surface area (Å²) in [7, 11) is 0. The van der Waals surface area contributed by atoms with Crippen molar-refractivity contribution in [2.45, 2.75) is 51.7 Å². The van der Waals surface area contributed by atoms with E-state index in [0.717, 1.165) is 5.56 Å². The molecule has 0 bridgehead atoms. The Hall–Kier alpha value is -1.92. The highest BCUT2D eigenvalue weighted by Crippen LogP contribution is 2.25. The minimum absolute atomic E-state index is 0.0377. The molecule has 1 aromatic heterocycles. The molecule has 0 radical (unpaired) electrons. The van der Waals surface area contributed by atoms with E-state index in [9.17, 15) is 9.59 Å². The van der Waals surface area contributed by atoms with Gasteiger partial charge in [-0.2, -0.15) is 0 Å². The maximum atomic E-state index is 12.9. The number of hydrogen-bond donors (Lipinski definition) is 1. The molecule has 0 fully saturated rings. The molecule has 0 aliphatic carbocycles. The van der Waals surface area contributed by atoms with Crippen LogP contribution in [0, 0.1) is 0 Å². The molecule has 7 heteroatoms. The van der Waals surface area contributed by atoms with Crippen molar-refractivity contribution in [2.24, 2.45) is 0 Å². The van der Waals surface area contributed by atoms with Crippen molar-refractivity contribution in [1.29, 1.82) is 0 Å². The van der Waals surface area contributed by atoms with Crippen LogP contribution in [-0.4, -0.2) is 33.8 Å². The highest BCUT2D eigenvalue weighted by atomic mass is 35.5. The van der Waals surface area contributed by atoms with E-state index >= 15 is 0 Å². The maximum absolute atomic E-state index is 12.9. The van der Waals surface area contributed by atoms with Gasteiger partial charge in [-0.05, 0) is 33.3 Å². The van der Waals surface area contributed by atoms with Crippen LogP contribution in [0.3, 0.4) is 0 Å². The summed E-state index contributed by atoms with van der Waals surface area (Å²) in [6.45, 7) is 7.99. The van der Waals surface area contributed by atoms with Crippen molar-refractivity contribution in [2.75, 3.05) is 0 Å². The van der Waals surface area contributed by atoms with Gasteiger partial charge in [0.05, 0.1) is 6.54 Å². The number of amides is 2. The van der Waals surface area contributed by atoms with E-state index in [2.05, 4.69) is 10.3 Å². The fourth-order valence-corrected chi connectivity index (χ4v) is 3.44. The number of hydrogen-bond acceptors (Lipinski definition) is 4. The molecule has 0 aliphatic rings. The van der Waals surface area contributed by atoms with Crippen molar-refractivity contribution in [3.8, 4) is 0 Å². The molecule has 1 heterocycles. The van der Waals surface area contributed by atoms with E-state index in [4.69, 9.17) is 11.6 Å². The van der Waals surface area contributed by atoms with Gasteiger partial charge >= 0.3 is 0 Å². The largest absolute Gasteiger partial charge is 0.349 e. The number of alkyl halides is 1. The average molecular weight is 394 g/mol. The van der Waals surface area contributed by atoms with Crippen molar-refractivity contribution in [1.82, 2.24) is 15.2 Å². The lowest BCUT2D eigenvalue weighted by Gasteiger charge is -2.28. The van der Waals surface area contributed by atoms with Crippen LogP contribution in [0.1, 0.15) is 54.1 Å². The van der Waals surface area contributed by atoms with E-state index < -0.39 is 5.38 Å². The van der Waals surface area contributed by atoms with Crippen molar-refractivity contribution < 1.29 is 9.59 Å². The third-order valence-electron chi connectivity index (χ3n) is 3.73. The minimum atomic E-state index is -0.748. The number of rotatable bonds is 7. The first kappa shape index (κ1) is 20.4. The van der Waals surface area contributed by atoms with E-state index in [1.54, 1.807) is 10.3 Å². The first-order chi connectivity index (χ1) is 12.3. The van der Waals surface area contributed by atoms with Crippen molar-refractivity contribution in [3.05, 3.63) is 52.0 Å². The summed E-state index contributed by atoms with van der Waals surface area (Å²) in [5, 5.41) is 4.49. The SMILES string of the molecule is CC(C)NC(=O)c1csc(CN(C(=O)[C@@H](Cl)c2ccccc2)C(C)C)n1. The lowest BCUT2D eigenvalue weighted by molar-refractivity contribution is -0.133. The predicted molar refractivity (Wildman–Crippen MR) is 105 cm³/mol. The average Bonchev–Trinajstić information content (AvgIpc) is 3.07. The summed E-state index contributed by atoms with van der Waals surface area (Å²) in [6, 6.07) is 9.29. The third kappa shape index (κ3) is 5.29. The first-order valence-electron chi connectivity index (χ1n) is 8.54. The molecule has 5 nitrogen and oxygen atoms in total. The number of nitrogens with zero attached hydrogens (tertiary/aromatic N) is 2. The smallest absolute Gasteiger partial charge is 0.270 e. The number of carbonyl (C=O) groups excluding carboxylic acids is 2. The number of thiazole rings is 1. The first-order valence-corrected chi connectivity index (χ1v) is 9.86. The Labute approximate surface area is 163 Å². The molecule has 2 aromatic rings. The van der Waals surface area contributed by atoms with Crippen LogP contribution < -0.4 is 5.32 Å². The molecule has 1 atom stereocenters. The van der Waals surface area contributed by atoms with Crippen LogP contribution in [0.15, 0.2) is 35.7 Å². The Morgan fingerprint density at radius 3 is 2.42 bits per heavy atom. The van der Waals surface area contributed by atoms with Gasteiger partial charge < -0.3 is 10.2 Å². The Morgan fingerprint density at radius 1 is 1.19 bits per heavy atom. The van der Waals surface area contributed by atoms with E-state index in [0.29, 0.717) is 17.2 Å². The molecule has 1 aromatic carbocycles. The van der Waals surface area contributed by atoms with E-state index in [-0.39, 0.29) is 23.9 Å². The van der Waals surface area contributed by atoms with Crippen LogP contribution in [-0.2, 0) is 11.3 Å². The molecule has 26 heavy (non-hydrogen) atoms. The fraction of sp³-hybridized carbons (Fsp3) is 0.421. The van der Waals surface area contributed by atoms with Crippen LogP contribution in [0.4, 0.5) is 0 Å². The maximum Gasteiger partial charge on any atom is 0.270 e. The van der Waals surface area contributed by atoms with Crippen LogP contribution >= 0.6 is 22.9 Å². The summed E-state index contributed by atoms with van der Waals surface area (Å²) in [5.41, 5.74) is 1.14. The van der Waals surface area contributed by atoms with Gasteiger partial charge in [0.15, 0.2) is 0 Å². The number of carbonyl (C=O) groups is 2. The zero-order valence-corrected chi connectivity index (χ0v) is 17.0. The standard InChI is InChI=1S/C19H24ClN3O2S/c1-12(2)21-18(24)15-11-26-16(22-15)10-23(13(3)4)19(25)17(20)14-8-6-5-7-9-14/h5-9,11-13,17H,10H2,1-4H3,(H,21,24)/t17-/m0/s1. The molecule has 1 N–H and O–H groups in total. The van der Waals surface area contributed by atoms with E-state index in [1.807, 2.05) is 58.0 Å². The Morgan fingerprint density at radius 2 is 1.85 bits per heavy atom. The quantitative estimate of drug-likeness (QED) is 0.723. The van der Waals surface area contributed by atoms with Crippen molar-refractivity contribution >= 4 is 34.8 Å². The highest BCUT2D eigenvalue weighted by Gasteiger charge is 2.27. The van der Waals surface area contributed by atoms with Crippen LogP contribution in [0.2, 0.25) is 0 Å². The fourth-order valence-electron chi connectivity index (χ4n) is 2.39. The van der Waals surface area contributed by atoms with Gasteiger partial charge in [0.1, 0.15) is 16.1 Å². The van der Waals surface area contributed by atoms with Gasteiger partial charge in [-0.3, -0.25) is 9.59 Å². The van der Waals surface area contributed by atoms with Gasteiger partial charge in [-0.15, -0.1) is 22.9 Å². The number of benzene rings is 1. The lowest BCUT2D eigenvalue weighted by atomic mass is 10.1. The monoisotopic (exact) mass is 393 g/mol. The summed E-state index contributed by atoms with van der Waals surface area (Å²) >= 11 is 7.77. The molecular formula is C19H24ClN3O2S. The van der Waals surface area contributed by atoms with Crippen LogP contribution in [0.25, 0.3) is 0 Å². The Balaban J connectivity index is 2.12. The van der Waals surface area contributed by atoms with Gasteiger partial charge in [0.2, 0.25) is 5.91 Å². The topological polar surface area (TPSA) is 62.3 Å². The number of nitrogens with one attached hydrogen (secondary N) is 1. The van der Waals surface area contributed by atoms with Gasteiger partial charge in [-0.25, -0.2) is 4.98 Å². The van der Waals surface area contributed by atoms with Gasteiger partial charge in [0.25, 0.3) is 5.91 Å². The highest BCUT2D eigenvalue weighted by molar-refractivity contribution is 7.09. The zero-order valence-electron chi connectivity index (χ0n) is 15.4. The van der Waals surface area contributed by atoms with E-state index in [1.165, 1.54) is 11.3 Å². The lowest BCUT2D eigenvalue weighted by Crippen LogP contribution is -2.38. The molecular weight excluding hydrogens is 370 g/mol. The third-order valence-corrected chi connectivity index (χ3v) is 5.00. The summed E-state index contributed by atoms with van der Waals surface area (Å²) in [5.74, 6) is -0.374. The Kier molecular flexibility index (Phi) is 7.17. The molecule has 0 saturated carbocycles. The Bertz CT molecular complexity index is 746. The molecule has 0 spiro atoms. The second-order valence-electron chi connectivity index (χ2n) is 6.59. The normalized spacial score (nSPS) is 12.3. The van der Waals surface area contributed by atoms with Crippen LogP contribution in [0.5, 0.6) is 0 Å². The second-order valence-corrected chi connectivity index (χ2v) is 7.97. The van der Waals surface area contributed by atoms with Gasteiger partial charge in [-0.1, -0.05) is 30.3 Å². The summed E-state index contributed by atoms with van der Waals surface area (Å²) in [4.78, 5) is 31.0. The number of halogens is 1. The summed E-state index contributed by atoms with van der Waals surface area (Å²) < 4.78 is 0. The molecule has 2 amide bonds. The molecule has 2 rings (SSSR count). The molecule has 0 saturated heterocycles. The zero-order chi connectivity index (χ0) is 19.3. The molecule has 0 aliphatic heterocycles. The molecule has 0 unspecified atom stereocenters. The number of aromatic nitrogens is 1. The minimum Gasteiger partial charge on any atom is -0.349 e. The second kappa shape index (κ2) is 9.14. The van der Waals surface area contributed by atoms with Gasteiger partial charge in [0, 0.05) is 17.5 Å².